The molecule has 0 spiro atoms. The fourth-order valence-electron chi connectivity index (χ4n) is 2.15. The van der Waals surface area contributed by atoms with Crippen molar-refractivity contribution in [3.8, 4) is 17.0 Å². The van der Waals surface area contributed by atoms with Gasteiger partial charge in [-0.15, -0.1) is 0 Å². The maximum Gasteiger partial charge on any atom is 0.222 e. The molecule has 0 unspecified atom stereocenters. The normalized spacial score (nSPS) is 10.8. The molecule has 0 bridgehead atoms. The van der Waals surface area contributed by atoms with Crippen LogP contribution in [0.15, 0.2) is 36.4 Å². The summed E-state index contributed by atoms with van der Waals surface area (Å²) in [7, 11) is 0. The summed E-state index contributed by atoms with van der Waals surface area (Å²) in [6.45, 7) is 0. The summed E-state index contributed by atoms with van der Waals surface area (Å²) in [6, 6.07) is 10.7. The highest BCUT2D eigenvalue weighted by Gasteiger charge is 2.14. The van der Waals surface area contributed by atoms with Gasteiger partial charge in [-0.25, -0.2) is 4.98 Å². The molecule has 3 rings (SSSR count). The van der Waals surface area contributed by atoms with E-state index in [2.05, 4.69) is 9.97 Å². The van der Waals surface area contributed by atoms with Gasteiger partial charge in [0.1, 0.15) is 11.4 Å². The number of aromatic hydroxyl groups is 1. The van der Waals surface area contributed by atoms with Crippen molar-refractivity contribution >= 4 is 34.0 Å². The van der Waals surface area contributed by atoms with E-state index in [1.807, 2.05) is 24.3 Å². The van der Waals surface area contributed by atoms with E-state index in [4.69, 9.17) is 23.1 Å². The van der Waals surface area contributed by atoms with E-state index >= 15 is 0 Å². The van der Waals surface area contributed by atoms with Crippen molar-refractivity contribution in [2.45, 2.75) is 0 Å². The minimum absolute atomic E-state index is 0.0522. The number of nitrogen functional groups attached to an aromatic ring is 2. The van der Waals surface area contributed by atoms with Crippen LogP contribution in [-0.2, 0) is 0 Å². The van der Waals surface area contributed by atoms with Crippen molar-refractivity contribution in [2.24, 2.45) is 0 Å². The second-order valence-corrected chi connectivity index (χ2v) is 4.67. The Hall–Kier alpha value is -2.53. The highest BCUT2D eigenvalue weighted by atomic mass is 35.5. The van der Waals surface area contributed by atoms with Gasteiger partial charge in [-0.05, 0) is 17.5 Å². The number of fused-ring (bicyclic) bond motifs is 1. The van der Waals surface area contributed by atoms with Crippen molar-refractivity contribution < 1.29 is 5.11 Å². The van der Waals surface area contributed by atoms with Crippen LogP contribution in [-0.4, -0.2) is 15.1 Å². The number of halogens is 1. The zero-order valence-electron chi connectivity index (χ0n) is 10.3. The van der Waals surface area contributed by atoms with E-state index in [1.165, 1.54) is 0 Å². The van der Waals surface area contributed by atoms with Gasteiger partial charge >= 0.3 is 0 Å². The van der Waals surface area contributed by atoms with Gasteiger partial charge in [-0.2, -0.15) is 4.98 Å². The summed E-state index contributed by atoms with van der Waals surface area (Å²) in [4.78, 5) is 7.97. The predicted molar refractivity (Wildman–Crippen MR) is 80.5 cm³/mol. The lowest BCUT2D eigenvalue weighted by atomic mass is 10.0. The molecule has 2 aromatic carbocycles. The maximum atomic E-state index is 9.91. The molecule has 6 heteroatoms. The van der Waals surface area contributed by atoms with E-state index in [0.29, 0.717) is 11.1 Å². The zero-order valence-corrected chi connectivity index (χ0v) is 11.1. The second-order valence-electron chi connectivity index (χ2n) is 4.31. The SMILES string of the molecule is Nc1nc(Cl)c(N)c(-c2ccc(O)c3ccccc23)n1. The molecule has 0 saturated carbocycles. The van der Waals surface area contributed by atoms with Crippen LogP contribution in [0.2, 0.25) is 5.15 Å². The van der Waals surface area contributed by atoms with Gasteiger partial charge < -0.3 is 16.6 Å². The number of aromatic nitrogens is 2. The van der Waals surface area contributed by atoms with Gasteiger partial charge in [-0.1, -0.05) is 35.9 Å². The first kappa shape index (κ1) is 12.5. The third-order valence-electron chi connectivity index (χ3n) is 3.07. The maximum absolute atomic E-state index is 9.91. The van der Waals surface area contributed by atoms with Crippen LogP contribution < -0.4 is 11.5 Å². The Bertz CT molecular complexity index is 820. The number of anilines is 2. The average molecular weight is 287 g/mol. The van der Waals surface area contributed by atoms with Gasteiger partial charge in [0, 0.05) is 10.9 Å². The fraction of sp³-hybridized carbons (Fsp3) is 0. The Morgan fingerprint density at radius 1 is 0.950 bits per heavy atom. The van der Waals surface area contributed by atoms with Gasteiger partial charge in [-0.3, -0.25) is 0 Å². The first-order chi connectivity index (χ1) is 9.58. The van der Waals surface area contributed by atoms with Crippen LogP contribution in [0, 0.1) is 0 Å². The molecule has 5 N–H and O–H groups in total. The Morgan fingerprint density at radius 2 is 1.65 bits per heavy atom. The number of benzene rings is 2. The Labute approximate surface area is 119 Å². The van der Waals surface area contributed by atoms with Crippen LogP contribution in [0.1, 0.15) is 0 Å². The van der Waals surface area contributed by atoms with Gasteiger partial charge in [0.2, 0.25) is 5.95 Å². The van der Waals surface area contributed by atoms with Crippen molar-refractivity contribution in [1.29, 1.82) is 0 Å². The molecule has 0 aliphatic rings. The minimum atomic E-state index is 0.0522. The molecule has 1 aromatic heterocycles. The van der Waals surface area contributed by atoms with Crippen LogP contribution in [0.3, 0.4) is 0 Å². The van der Waals surface area contributed by atoms with Crippen molar-refractivity contribution in [2.75, 3.05) is 11.5 Å². The second kappa shape index (κ2) is 4.54. The Balaban J connectivity index is 2.39. The van der Waals surface area contributed by atoms with Crippen molar-refractivity contribution in [3.63, 3.8) is 0 Å². The lowest BCUT2D eigenvalue weighted by Gasteiger charge is -2.11. The van der Waals surface area contributed by atoms with Crippen molar-refractivity contribution in [3.05, 3.63) is 41.6 Å². The summed E-state index contributed by atoms with van der Waals surface area (Å²) in [6.07, 6.45) is 0. The smallest absolute Gasteiger partial charge is 0.222 e. The van der Waals surface area contributed by atoms with E-state index in [-0.39, 0.29) is 22.5 Å². The monoisotopic (exact) mass is 286 g/mol. The largest absolute Gasteiger partial charge is 0.507 e. The molecule has 3 aromatic rings. The number of nitrogens with zero attached hydrogens (tertiary/aromatic N) is 2. The fourth-order valence-corrected chi connectivity index (χ4v) is 2.33. The van der Waals surface area contributed by atoms with E-state index < -0.39 is 0 Å². The number of phenols is 1. The lowest BCUT2D eigenvalue weighted by Crippen LogP contribution is -2.02. The number of rotatable bonds is 1. The molecule has 5 nitrogen and oxygen atoms in total. The molecule has 0 aliphatic carbocycles. The summed E-state index contributed by atoms with van der Waals surface area (Å²) in [5.74, 6) is 0.243. The summed E-state index contributed by atoms with van der Waals surface area (Å²) in [5.41, 5.74) is 13.0. The molecular formula is C14H11ClN4O. The number of nitrogens with two attached hydrogens (primary N) is 2. The van der Waals surface area contributed by atoms with Crippen LogP contribution in [0.4, 0.5) is 11.6 Å². The predicted octanol–water partition coefficient (Wildman–Crippen LogP) is 2.82. The molecule has 0 radical (unpaired) electrons. The third-order valence-corrected chi connectivity index (χ3v) is 3.36. The zero-order chi connectivity index (χ0) is 14.3. The summed E-state index contributed by atoms with van der Waals surface area (Å²) in [5, 5.41) is 11.5. The first-order valence-electron chi connectivity index (χ1n) is 5.87. The van der Waals surface area contributed by atoms with E-state index in [9.17, 15) is 5.11 Å². The van der Waals surface area contributed by atoms with Crippen LogP contribution in [0.25, 0.3) is 22.0 Å². The molecule has 20 heavy (non-hydrogen) atoms. The van der Waals surface area contributed by atoms with Gasteiger partial charge in [0.25, 0.3) is 0 Å². The molecule has 0 aliphatic heterocycles. The highest BCUT2D eigenvalue weighted by molar-refractivity contribution is 6.32. The Morgan fingerprint density at radius 3 is 2.40 bits per heavy atom. The average Bonchev–Trinajstić information content (AvgIpc) is 2.44. The van der Waals surface area contributed by atoms with Gasteiger partial charge in [0.05, 0.1) is 5.69 Å². The molecule has 1 heterocycles. The van der Waals surface area contributed by atoms with Crippen LogP contribution in [0.5, 0.6) is 5.75 Å². The van der Waals surface area contributed by atoms with E-state index in [0.717, 1.165) is 10.9 Å². The lowest BCUT2D eigenvalue weighted by molar-refractivity contribution is 0.481. The van der Waals surface area contributed by atoms with Gasteiger partial charge in [0.15, 0.2) is 5.15 Å². The minimum Gasteiger partial charge on any atom is -0.507 e. The Kier molecular flexibility index (Phi) is 2.84. The first-order valence-corrected chi connectivity index (χ1v) is 6.25. The summed E-state index contributed by atoms with van der Waals surface area (Å²) >= 11 is 5.95. The number of hydrogen-bond acceptors (Lipinski definition) is 5. The molecule has 100 valence electrons. The number of hydrogen-bond donors (Lipinski definition) is 3. The summed E-state index contributed by atoms with van der Waals surface area (Å²) < 4.78 is 0. The number of phenolic OH excluding ortho intramolecular Hbond substituents is 1. The molecular weight excluding hydrogens is 276 g/mol. The molecule has 0 amide bonds. The highest BCUT2D eigenvalue weighted by Crippen LogP contribution is 2.37. The molecule has 0 atom stereocenters. The van der Waals surface area contributed by atoms with E-state index in [1.54, 1.807) is 12.1 Å². The molecule has 0 saturated heterocycles. The topological polar surface area (TPSA) is 98.0 Å². The van der Waals surface area contributed by atoms with Crippen molar-refractivity contribution in [1.82, 2.24) is 9.97 Å². The quantitative estimate of drug-likeness (QED) is 0.598. The third kappa shape index (κ3) is 1.88. The van der Waals surface area contributed by atoms with Crippen LogP contribution >= 0.6 is 11.6 Å². The molecule has 0 fully saturated rings. The standard InChI is InChI=1S/C14H11ClN4O/c15-13-11(16)12(18-14(17)19-13)9-5-6-10(20)8-4-2-1-3-7(8)9/h1-6,20H,16H2,(H2,17,18,19).